The molecule has 21 heavy (non-hydrogen) atoms. The summed E-state index contributed by atoms with van der Waals surface area (Å²) in [6.07, 6.45) is 5.02. The van der Waals surface area contributed by atoms with E-state index in [1.54, 1.807) is 0 Å². The molecule has 2 atom stereocenters. The summed E-state index contributed by atoms with van der Waals surface area (Å²) in [5, 5.41) is 0.657. The van der Waals surface area contributed by atoms with E-state index in [4.69, 9.17) is 5.73 Å². The lowest BCUT2D eigenvalue weighted by atomic mass is 9.92. The molecule has 0 spiro atoms. The van der Waals surface area contributed by atoms with Crippen molar-refractivity contribution in [2.75, 3.05) is 12.3 Å². The number of fused-ring (bicyclic) bond motifs is 1. The number of hydrogen-bond donors (Lipinski definition) is 1. The molecule has 2 unspecified atom stereocenters. The van der Waals surface area contributed by atoms with Gasteiger partial charge in [0.2, 0.25) is 0 Å². The first-order valence-electron chi connectivity index (χ1n) is 7.51. The molecule has 2 aliphatic rings. The Morgan fingerprint density at radius 2 is 1.95 bits per heavy atom. The number of benzene rings is 1. The minimum atomic E-state index is 0. The minimum Gasteiger partial charge on any atom is -0.334 e. The molecule has 2 N–H and O–H groups in total. The molecule has 1 aromatic rings. The summed E-state index contributed by atoms with van der Waals surface area (Å²) >= 11 is 2.06. The first-order chi connectivity index (χ1) is 9.79. The second-order valence-electron chi connectivity index (χ2n) is 5.66. The van der Waals surface area contributed by atoms with Crippen molar-refractivity contribution >= 4 is 30.1 Å². The van der Waals surface area contributed by atoms with Gasteiger partial charge in [-0.1, -0.05) is 25.0 Å². The van der Waals surface area contributed by atoms with Gasteiger partial charge >= 0.3 is 0 Å². The predicted octanol–water partition coefficient (Wildman–Crippen LogP) is 3.07. The highest BCUT2D eigenvalue weighted by atomic mass is 35.5. The number of carbonyl (C=O) groups is 1. The number of thioether (sulfide) groups is 1. The molecule has 1 aliphatic carbocycles. The van der Waals surface area contributed by atoms with Gasteiger partial charge in [-0.15, -0.1) is 12.4 Å². The third kappa shape index (κ3) is 3.55. The van der Waals surface area contributed by atoms with Crippen molar-refractivity contribution in [3.05, 3.63) is 35.4 Å². The molecule has 0 radical (unpaired) electrons. The molecule has 5 heteroatoms. The third-order valence-electron chi connectivity index (χ3n) is 4.43. The normalized spacial score (nSPS) is 24.9. The van der Waals surface area contributed by atoms with Crippen molar-refractivity contribution in [2.45, 2.75) is 43.5 Å². The first kappa shape index (κ1) is 16.7. The van der Waals surface area contributed by atoms with E-state index in [-0.39, 0.29) is 18.3 Å². The van der Waals surface area contributed by atoms with Crippen LogP contribution in [0.4, 0.5) is 0 Å². The zero-order valence-electron chi connectivity index (χ0n) is 12.2. The maximum atomic E-state index is 12.7. The Hall–Kier alpha value is -0.710. The Balaban J connectivity index is 0.00000161. The zero-order valence-corrected chi connectivity index (χ0v) is 13.8. The highest BCUT2D eigenvalue weighted by Crippen LogP contribution is 2.36. The van der Waals surface area contributed by atoms with E-state index in [1.165, 1.54) is 25.7 Å². The summed E-state index contributed by atoms with van der Waals surface area (Å²) in [6.45, 7) is 1.42. The molecule has 3 rings (SSSR count). The van der Waals surface area contributed by atoms with Gasteiger partial charge in [0.25, 0.3) is 5.91 Å². The average Bonchev–Trinajstić information content (AvgIpc) is 2.54. The van der Waals surface area contributed by atoms with Gasteiger partial charge in [-0.2, -0.15) is 11.8 Å². The standard InChI is InChI=1S/C16H22N2OS.ClH/c17-11-12-5-7-13(8-6-12)16(19)18-9-10-20-15-4-2-1-3-14(15)18;/h5-8,14-15H,1-4,9-11,17H2;1H. The van der Waals surface area contributed by atoms with Crippen molar-refractivity contribution < 1.29 is 4.79 Å². The lowest BCUT2D eigenvalue weighted by Crippen LogP contribution is -2.51. The lowest BCUT2D eigenvalue weighted by Gasteiger charge is -2.43. The van der Waals surface area contributed by atoms with E-state index in [0.717, 1.165) is 23.4 Å². The quantitative estimate of drug-likeness (QED) is 0.908. The summed E-state index contributed by atoms with van der Waals surface area (Å²) in [7, 11) is 0. The molecule has 3 nitrogen and oxygen atoms in total. The molecule has 1 aromatic carbocycles. The number of carbonyl (C=O) groups excluding carboxylic acids is 1. The predicted molar refractivity (Wildman–Crippen MR) is 91.1 cm³/mol. The third-order valence-corrected chi connectivity index (χ3v) is 5.83. The molecule has 1 heterocycles. The Morgan fingerprint density at radius 3 is 2.67 bits per heavy atom. The van der Waals surface area contributed by atoms with Crippen molar-refractivity contribution in [3.8, 4) is 0 Å². The Morgan fingerprint density at radius 1 is 1.24 bits per heavy atom. The van der Waals surface area contributed by atoms with Gasteiger partial charge in [-0.25, -0.2) is 0 Å². The lowest BCUT2D eigenvalue weighted by molar-refractivity contribution is 0.0646. The summed E-state index contributed by atoms with van der Waals surface area (Å²) in [5.74, 6) is 1.28. The number of amides is 1. The van der Waals surface area contributed by atoms with Gasteiger partial charge in [0.05, 0.1) is 0 Å². The van der Waals surface area contributed by atoms with E-state index in [0.29, 0.717) is 17.8 Å². The van der Waals surface area contributed by atoms with Crippen molar-refractivity contribution in [3.63, 3.8) is 0 Å². The summed E-state index contributed by atoms with van der Waals surface area (Å²) in [5.41, 5.74) is 7.49. The van der Waals surface area contributed by atoms with Gasteiger partial charge in [-0.05, 0) is 30.5 Å². The van der Waals surface area contributed by atoms with E-state index in [2.05, 4.69) is 16.7 Å². The molecule has 2 fully saturated rings. The van der Waals surface area contributed by atoms with Crippen LogP contribution in [0.5, 0.6) is 0 Å². The van der Waals surface area contributed by atoms with Crippen LogP contribution < -0.4 is 5.73 Å². The SMILES string of the molecule is Cl.NCc1ccc(C(=O)N2CCSC3CCCCC32)cc1. The van der Waals surface area contributed by atoms with Gasteiger partial charge in [0.1, 0.15) is 0 Å². The monoisotopic (exact) mass is 326 g/mol. The van der Waals surface area contributed by atoms with Gasteiger partial charge < -0.3 is 10.6 Å². The molecule has 0 bridgehead atoms. The topological polar surface area (TPSA) is 46.3 Å². The summed E-state index contributed by atoms with van der Waals surface area (Å²) in [4.78, 5) is 14.9. The smallest absolute Gasteiger partial charge is 0.254 e. The number of hydrogen-bond acceptors (Lipinski definition) is 3. The van der Waals surface area contributed by atoms with Crippen LogP contribution in [0.15, 0.2) is 24.3 Å². The number of rotatable bonds is 2. The van der Waals surface area contributed by atoms with Crippen molar-refractivity contribution in [1.29, 1.82) is 0 Å². The fourth-order valence-corrected chi connectivity index (χ4v) is 4.74. The molecule has 1 amide bonds. The van der Waals surface area contributed by atoms with Gasteiger partial charge in [-0.3, -0.25) is 4.79 Å². The number of halogens is 1. The van der Waals surface area contributed by atoms with Crippen LogP contribution in [0, 0.1) is 0 Å². The van der Waals surface area contributed by atoms with Gasteiger partial charge in [0.15, 0.2) is 0 Å². The second-order valence-corrected chi connectivity index (χ2v) is 7.01. The largest absolute Gasteiger partial charge is 0.334 e. The average molecular weight is 327 g/mol. The first-order valence-corrected chi connectivity index (χ1v) is 8.56. The fraction of sp³-hybridized carbons (Fsp3) is 0.562. The number of nitrogens with two attached hydrogens (primary N) is 1. The highest BCUT2D eigenvalue weighted by molar-refractivity contribution is 8.00. The van der Waals surface area contributed by atoms with Crippen LogP contribution in [0.1, 0.15) is 41.6 Å². The molecule has 0 aromatic heterocycles. The number of nitrogens with zero attached hydrogens (tertiary/aromatic N) is 1. The second kappa shape index (κ2) is 7.52. The molecule has 1 saturated heterocycles. The zero-order chi connectivity index (χ0) is 13.9. The van der Waals surface area contributed by atoms with E-state index in [1.807, 2.05) is 24.3 Å². The fourth-order valence-electron chi connectivity index (χ4n) is 3.30. The Labute approximate surface area is 137 Å². The van der Waals surface area contributed by atoms with E-state index >= 15 is 0 Å². The summed E-state index contributed by atoms with van der Waals surface area (Å²) < 4.78 is 0. The van der Waals surface area contributed by atoms with Crippen molar-refractivity contribution in [1.82, 2.24) is 4.90 Å². The Bertz CT molecular complexity index is 478. The van der Waals surface area contributed by atoms with Gasteiger partial charge in [0, 0.05) is 35.7 Å². The summed E-state index contributed by atoms with van der Waals surface area (Å²) in [6, 6.07) is 8.21. The van der Waals surface area contributed by atoms with E-state index in [9.17, 15) is 4.79 Å². The van der Waals surface area contributed by atoms with Crippen LogP contribution in [-0.2, 0) is 6.54 Å². The van der Waals surface area contributed by atoms with E-state index < -0.39 is 0 Å². The molecule has 1 aliphatic heterocycles. The van der Waals surface area contributed by atoms with Crippen LogP contribution in [-0.4, -0.2) is 34.4 Å². The molecule has 116 valence electrons. The minimum absolute atomic E-state index is 0. The van der Waals surface area contributed by atoms with Crippen LogP contribution in [0.2, 0.25) is 0 Å². The Kier molecular flexibility index (Phi) is 5.97. The van der Waals surface area contributed by atoms with Crippen LogP contribution in [0.25, 0.3) is 0 Å². The van der Waals surface area contributed by atoms with Crippen molar-refractivity contribution in [2.24, 2.45) is 5.73 Å². The molecule has 1 saturated carbocycles. The molecular weight excluding hydrogens is 304 g/mol. The van der Waals surface area contributed by atoms with Crippen LogP contribution in [0.3, 0.4) is 0 Å². The van der Waals surface area contributed by atoms with Crippen LogP contribution >= 0.6 is 24.2 Å². The maximum Gasteiger partial charge on any atom is 0.254 e. The maximum absolute atomic E-state index is 12.7. The molecular formula is C16H23ClN2OS. The highest BCUT2D eigenvalue weighted by Gasteiger charge is 2.36.